The lowest BCUT2D eigenvalue weighted by Crippen LogP contribution is -2.39. The summed E-state index contributed by atoms with van der Waals surface area (Å²) in [5.74, 6) is 1.08. The van der Waals surface area contributed by atoms with Gasteiger partial charge in [0.25, 0.3) is 0 Å². The highest BCUT2D eigenvalue weighted by atomic mass is 16.5. The summed E-state index contributed by atoms with van der Waals surface area (Å²) < 4.78 is 5.41. The van der Waals surface area contributed by atoms with Crippen molar-refractivity contribution in [1.82, 2.24) is 20.4 Å². The van der Waals surface area contributed by atoms with Crippen LogP contribution in [0.1, 0.15) is 38.1 Å². The van der Waals surface area contributed by atoms with E-state index in [1.165, 1.54) is 0 Å². The molecule has 3 rings (SSSR count). The maximum absolute atomic E-state index is 12.2. The predicted molar refractivity (Wildman–Crippen MR) is 82.1 cm³/mol. The van der Waals surface area contributed by atoms with Crippen molar-refractivity contribution >= 4 is 6.03 Å². The largest absolute Gasteiger partial charge is 0.338 e. The first-order chi connectivity index (χ1) is 10.8. The van der Waals surface area contributed by atoms with Gasteiger partial charge in [-0.1, -0.05) is 42.4 Å². The Morgan fingerprint density at radius 3 is 3.00 bits per heavy atom. The number of rotatable bonds is 4. The first kappa shape index (κ1) is 14.6. The van der Waals surface area contributed by atoms with Gasteiger partial charge in [0.1, 0.15) is 6.04 Å². The van der Waals surface area contributed by atoms with Crippen LogP contribution in [0.4, 0.5) is 4.79 Å². The first-order valence-corrected chi connectivity index (χ1v) is 7.73. The molecule has 116 valence electrons. The number of carbonyl (C=O) groups is 1. The molecular weight excluding hydrogens is 280 g/mol. The SMILES string of the molecule is CCCNC(=O)N1CCCC1c1nc(-c2ccccc2)no1. The van der Waals surface area contributed by atoms with Gasteiger partial charge in [-0.25, -0.2) is 4.79 Å². The molecule has 0 bridgehead atoms. The molecular formula is C16H20N4O2. The molecule has 1 N–H and O–H groups in total. The average molecular weight is 300 g/mol. The van der Waals surface area contributed by atoms with Gasteiger partial charge >= 0.3 is 6.03 Å². The van der Waals surface area contributed by atoms with Gasteiger partial charge in [-0.3, -0.25) is 0 Å². The van der Waals surface area contributed by atoms with E-state index in [1.54, 1.807) is 4.90 Å². The minimum atomic E-state index is -0.123. The Morgan fingerprint density at radius 1 is 1.41 bits per heavy atom. The third-order valence-corrected chi connectivity index (χ3v) is 3.80. The average Bonchev–Trinajstić information content (AvgIpc) is 3.22. The zero-order valence-corrected chi connectivity index (χ0v) is 12.7. The van der Waals surface area contributed by atoms with Crippen LogP contribution in [0.2, 0.25) is 0 Å². The zero-order valence-electron chi connectivity index (χ0n) is 12.7. The second-order valence-corrected chi connectivity index (χ2v) is 5.41. The molecule has 2 aromatic rings. The van der Waals surface area contributed by atoms with Crippen LogP contribution in [-0.2, 0) is 0 Å². The fraction of sp³-hybridized carbons (Fsp3) is 0.438. The minimum absolute atomic E-state index is 0.0520. The number of nitrogens with one attached hydrogen (secondary N) is 1. The molecule has 0 radical (unpaired) electrons. The topological polar surface area (TPSA) is 71.3 Å². The normalized spacial score (nSPS) is 17.7. The summed E-state index contributed by atoms with van der Waals surface area (Å²) in [7, 11) is 0. The van der Waals surface area contributed by atoms with Crippen LogP contribution in [-0.4, -0.2) is 34.2 Å². The van der Waals surface area contributed by atoms with Gasteiger partial charge in [0.05, 0.1) is 0 Å². The molecule has 1 unspecified atom stereocenters. The lowest BCUT2D eigenvalue weighted by atomic mass is 10.2. The van der Waals surface area contributed by atoms with Crippen molar-refractivity contribution in [1.29, 1.82) is 0 Å². The van der Waals surface area contributed by atoms with Crippen LogP contribution < -0.4 is 5.32 Å². The molecule has 1 atom stereocenters. The summed E-state index contributed by atoms with van der Waals surface area (Å²) in [5.41, 5.74) is 0.914. The number of hydrogen-bond donors (Lipinski definition) is 1. The second-order valence-electron chi connectivity index (χ2n) is 5.41. The zero-order chi connectivity index (χ0) is 15.4. The fourth-order valence-corrected chi connectivity index (χ4v) is 2.68. The summed E-state index contributed by atoms with van der Waals surface area (Å²) >= 11 is 0. The van der Waals surface area contributed by atoms with E-state index in [0.717, 1.165) is 31.4 Å². The van der Waals surface area contributed by atoms with Crippen LogP contribution in [0, 0.1) is 0 Å². The molecule has 1 fully saturated rings. The molecule has 22 heavy (non-hydrogen) atoms. The van der Waals surface area contributed by atoms with Gasteiger partial charge in [-0.2, -0.15) is 4.98 Å². The van der Waals surface area contributed by atoms with Crippen molar-refractivity contribution in [3.8, 4) is 11.4 Å². The summed E-state index contributed by atoms with van der Waals surface area (Å²) in [5, 5.41) is 6.95. The standard InChI is InChI=1S/C16H20N4O2/c1-2-10-17-16(21)20-11-6-9-13(20)15-18-14(19-22-15)12-7-4-3-5-8-12/h3-5,7-8,13H,2,6,9-11H2,1H3,(H,17,21). The van der Waals surface area contributed by atoms with Crippen molar-refractivity contribution in [3.05, 3.63) is 36.2 Å². The molecule has 1 aromatic carbocycles. The van der Waals surface area contributed by atoms with Crippen LogP contribution >= 0.6 is 0 Å². The van der Waals surface area contributed by atoms with Crippen LogP contribution in [0.15, 0.2) is 34.9 Å². The molecule has 2 heterocycles. The summed E-state index contributed by atoms with van der Waals surface area (Å²) in [4.78, 5) is 18.5. The van der Waals surface area contributed by atoms with Gasteiger partial charge in [0.2, 0.25) is 11.7 Å². The van der Waals surface area contributed by atoms with E-state index >= 15 is 0 Å². The Bertz CT molecular complexity index is 626. The monoisotopic (exact) mass is 300 g/mol. The molecule has 6 heteroatoms. The fourth-order valence-electron chi connectivity index (χ4n) is 2.68. The number of carbonyl (C=O) groups excluding carboxylic acids is 1. The number of amides is 2. The van der Waals surface area contributed by atoms with Crippen molar-refractivity contribution in [2.24, 2.45) is 0 Å². The van der Waals surface area contributed by atoms with Gasteiger partial charge in [-0.05, 0) is 19.3 Å². The summed E-state index contributed by atoms with van der Waals surface area (Å²) in [6.45, 7) is 3.44. The molecule has 1 saturated heterocycles. The number of urea groups is 1. The molecule has 2 amide bonds. The molecule has 1 aliphatic heterocycles. The van der Waals surface area contributed by atoms with Crippen molar-refractivity contribution in [2.45, 2.75) is 32.2 Å². The second kappa shape index (κ2) is 6.60. The number of benzene rings is 1. The maximum atomic E-state index is 12.2. The molecule has 1 aliphatic rings. The van der Waals surface area contributed by atoms with Crippen LogP contribution in [0.5, 0.6) is 0 Å². The van der Waals surface area contributed by atoms with Crippen molar-refractivity contribution in [3.63, 3.8) is 0 Å². The smallest absolute Gasteiger partial charge is 0.318 e. The molecule has 6 nitrogen and oxygen atoms in total. The Labute approximate surface area is 129 Å². The highest BCUT2D eigenvalue weighted by Gasteiger charge is 2.33. The number of nitrogens with zero attached hydrogens (tertiary/aromatic N) is 3. The van der Waals surface area contributed by atoms with Gasteiger partial charge in [0.15, 0.2) is 0 Å². The summed E-state index contributed by atoms with van der Waals surface area (Å²) in [6.07, 6.45) is 2.73. The van der Waals surface area contributed by atoms with E-state index in [1.807, 2.05) is 37.3 Å². The first-order valence-electron chi connectivity index (χ1n) is 7.73. The quantitative estimate of drug-likeness (QED) is 0.942. The Kier molecular flexibility index (Phi) is 4.37. The van der Waals surface area contributed by atoms with Crippen LogP contribution in [0.25, 0.3) is 11.4 Å². The highest BCUT2D eigenvalue weighted by Crippen LogP contribution is 2.31. The molecule has 0 saturated carbocycles. The van der Waals surface area contributed by atoms with Gasteiger partial charge in [-0.15, -0.1) is 0 Å². The molecule has 1 aromatic heterocycles. The van der Waals surface area contributed by atoms with Gasteiger partial charge in [0, 0.05) is 18.7 Å². The van der Waals surface area contributed by atoms with Crippen molar-refractivity contribution < 1.29 is 9.32 Å². The Hall–Kier alpha value is -2.37. The van der Waals surface area contributed by atoms with Gasteiger partial charge < -0.3 is 14.7 Å². The number of likely N-dealkylation sites (tertiary alicyclic amines) is 1. The molecule has 0 spiro atoms. The van der Waals surface area contributed by atoms with E-state index in [-0.39, 0.29) is 12.1 Å². The van der Waals surface area contributed by atoms with Crippen molar-refractivity contribution in [2.75, 3.05) is 13.1 Å². The van der Waals surface area contributed by atoms with E-state index in [9.17, 15) is 4.79 Å². The van der Waals surface area contributed by atoms with E-state index in [4.69, 9.17) is 4.52 Å². The van der Waals surface area contributed by atoms with Crippen LogP contribution in [0.3, 0.4) is 0 Å². The third kappa shape index (κ3) is 2.95. The third-order valence-electron chi connectivity index (χ3n) is 3.80. The minimum Gasteiger partial charge on any atom is -0.338 e. The lowest BCUT2D eigenvalue weighted by molar-refractivity contribution is 0.180. The Morgan fingerprint density at radius 2 is 2.23 bits per heavy atom. The lowest BCUT2D eigenvalue weighted by Gasteiger charge is -2.22. The predicted octanol–water partition coefficient (Wildman–Crippen LogP) is 2.99. The highest BCUT2D eigenvalue weighted by molar-refractivity contribution is 5.74. The van der Waals surface area contributed by atoms with E-state index in [2.05, 4.69) is 15.5 Å². The van der Waals surface area contributed by atoms with E-state index < -0.39 is 0 Å². The van der Waals surface area contributed by atoms with E-state index in [0.29, 0.717) is 18.3 Å². The number of aromatic nitrogens is 2. The summed E-state index contributed by atoms with van der Waals surface area (Å²) in [6, 6.07) is 9.52. The number of hydrogen-bond acceptors (Lipinski definition) is 4. The maximum Gasteiger partial charge on any atom is 0.318 e. The molecule has 0 aliphatic carbocycles. The Balaban J connectivity index is 1.76.